The number of rotatable bonds is 6. The zero-order chi connectivity index (χ0) is 18.4. The number of thiophene rings is 1. The van der Waals surface area contributed by atoms with Gasteiger partial charge in [0.25, 0.3) is 5.91 Å². The molecule has 26 heavy (non-hydrogen) atoms. The Morgan fingerprint density at radius 2 is 2.19 bits per heavy atom. The first-order chi connectivity index (χ1) is 12.7. The van der Waals surface area contributed by atoms with Crippen LogP contribution < -0.4 is 5.32 Å². The molecule has 1 fully saturated rings. The van der Waals surface area contributed by atoms with E-state index in [1.807, 2.05) is 22.4 Å². The van der Waals surface area contributed by atoms with E-state index < -0.39 is 0 Å². The molecule has 5 nitrogen and oxygen atoms in total. The normalized spacial score (nSPS) is 20.0. The number of amides is 2. The number of piperidine rings is 1. The van der Waals surface area contributed by atoms with Gasteiger partial charge in [0.2, 0.25) is 5.91 Å². The Morgan fingerprint density at radius 1 is 1.31 bits per heavy atom. The van der Waals surface area contributed by atoms with Crippen molar-refractivity contribution in [3.63, 3.8) is 0 Å². The lowest BCUT2D eigenvalue weighted by molar-refractivity contribution is -0.123. The van der Waals surface area contributed by atoms with Gasteiger partial charge >= 0.3 is 0 Å². The molecule has 0 aliphatic carbocycles. The van der Waals surface area contributed by atoms with E-state index in [0.29, 0.717) is 43.5 Å². The summed E-state index contributed by atoms with van der Waals surface area (Å²) in [7, 11) is 0. The highest BCUT2D eigenvalue weighted by Crippen LogP contribution is 2.29. The van der Waals surface area contributed by atoms with Gasteiger partial charge in [-0.15, -0.1) is 11.3 Å². The minimum absolute atomic E-state index is 0.0390. The molecule has 0 aromatic carbocycles. The molecule has 2 aromatic rings. The quantitative estimate of drug-likeness (QED) is 0.847. The van der Waals surface area contributed by atoms with Gasteiger partial charge in [0.15, 0.2) is 0 Å². The van der Waals surface area contributed by atoms with E-state index in [1.165, 1.54) is 4.88 Å². The molecule has 0 spiro atoms. The molecule has 6 heteroatoms. The number of hydrogen-bond donors (Lipinski definition) is 1. The van der Waals surface area contributed by atoms with Crippen LogP contribution in [0, 0.1) is 11.8 Å². The minimum atomic E-state index is 0.0390. The van der Waals surface area contributed by atoms with E-state index in [9.17, 15) is 9.59 Å². The van der Waals surface area contributed by atoms with Gasteiger partial charge < -0.3 is 10.2 Å². The second-order valence-corrected chi connectivity index (χ2v) is 7.80. The molecule has 3 heterocycles. The van der Waals surface area contributed by atoms with Crippen molar-refractivity contribution in [3.05, 3.63) is 52.5 Å². The van der Waals surface area contributed by atoms with Crippen molar-refractivity contribution in [1.29, 1.82) is 0 Å². The molecular weight excluding hydrogens is 346 g/mol. The molecule has 1 saturated heterocycles. The van der Waals surface area contributed by atoms with E-state index in [0.717, 1.165) is 12.8 Å². The molecule has 0 bridgehead atoms. The molecule has 1 aliphatic rings. The summed E-state index contributed by atoms with van der Waals surface area (Å²) in [4.78, 5) is 32.1. The average Bonchev–Trinajstić information content (AvgIpc) is 3.20. The Morgan fingerprint density at radius 3 is 2.88 bits per heavy atom. The first kappa shape index (κ1) is 18.6. The SMILES string of the molecule is CC[C@H]1CN(C(=O)c2cccnc2)CC[C@H]1CC(=O)NCc1cccs1. The molecule has 0 radical (unpaired) electrons. The predicted molar refractivity (Wildman–Crippen MR) is 103 cm³/mol. The Balaban J connectivity index is 1.52. The lowest BCUT2D eigenvalue weighted by Crippen LogP contribution is -2.44. The second kappa shape index (κ2) is 8.94. The Bertz CT molecular complexity index is 718. The number of pyridine rings is 1. The van der Waals surface area contributed by atoms with Gasteiger partial charge in [-0.2, -0.15) is 0 Å². The largest absolute Gasteiger partial charge is 0.351 e. The minimum Gasteiger partial charge on any atom is -0.351 e. The van der Waals surface area contributed by atoms with E-state index in [-0.39, 0.29) is 11.8 Å². The summed E-state index contributed by atoms with van der Waals surface area (Å²) in [5, 5.41) is 5.04. The van der Waals surface area contributed by atoms with Crippen molar-refractivity contribution in [2.75, 3.05) is 13.1 Å². The molecule has 1 aliphatic heterocycles. The average molecular weight is 372 g/mol. The van der Waals surface area contributed by atoms with Gasteiger partial charge in [-0.05, 0) is 41.8 Å². The maximum atomic E-state index is 12.6. The van der Waals surface area contributed by atoms with Crippen LogP contribution in [0.25, 0.3) is 0 Å². The van der Waals surface area contributed by atoms with Crippen LogP contribution in [0.15, 0.2) is 42.0 Å². The smallest absolute Gasteiger partial charge is 0.255 e. The van der Waals surface area contributed by atoms with Crippen LogP contribution in [0.3, 0.4) is 0 Å². The summed E-state index contributed by atoms with van der Waals surface area (Å²) in [6.07, 6.45) is 5.68. The number of carbonyl (C=O) groups is 2. The molecule has 0 unspecified atom stereocenters. The van der Waals surface area contributed by atoms with Crippen LogP contribution in [0.5, 0.6) is 0 Å². The van der Waals surface area contributed by atoms with E-state index in [2.05, 4.69) is 17.2 Å². The number of likely N-dealkylation sites (tertiary alicyclic amines) is 1. The van der Waals surface area contributed by atoms with Gasteiger partial charge in [-0.25, -0.2) is 0 Å². The van der Waals surface area contributed by atoms with Crippen molar-refractivity contribution in [1.82, 2.24) is 15.2 Å². The fourth-order valence-electron chi connectivity index (χ4n) is 3.58. The van der Waals surface area contributed by atoms with Crippen molar-refractivity contribution in [2.45, 2.75) is 32.7 Å². The van der Waals surface area contributed by atoms with Crippen molar-refractivity contribution in [3.8, 4) is 0 Å². The molecule has 2 aromatic heterocycles. The van der Waals surface area contributed by atoms with Crippen LogP contribution in [0.2, 0.25) is 0 Å². The van der Waals surface area contributed by atoms with Gasteiger partial charge in [0, 0.05) is 36.8 Å². The van der Waals surface area contributed by atoms with E-state index in [4.69, 9.17) is 0 Å². The summed E-state index contributed by atoms with van der Waals surface area (Å²) in [6.45, 7) is 4.16. The van der Waals surface area contributed by atoms with E-state index in [1.54, 1.807) is 35.9 Å². The van der Waals surface area contributed by atoms with Crippen LogP contribution in [0.1, 0.15) is 41.4 Å². The summed E-state index contributed by atoms with van der Waals surface area (Å²) < 4.78 is 0. The highest BCUT2D eigenvalue weighted by atomic mass is 32.1. The fraction of sp³-hybridized carbons (Fsp3) is 0.450. The third-order valence-electron chi connectivity index (χ3n) is 5.10. The van der Waals surface area contributed by atoms with Crippen molar-refractivity contribution >= 4 is 23.2 Å². The highest BCUT2D eigenvalue weighted by molar-refractivity contribution is 7.09. The lowest BCUT2D eigenvalue weighted by atomic mass is 9.81. The van der Waals surface area contributed by atoms with Gasteiger partial charge in [0.05, 0.1) is 12.1 Å². The number of hydrogen-bond acceptors (Lipinski definition) is 4. The standard InChI is InChI=1S/C20H25N3O2S/c1-2-15-14-23(20(25)17-5-3-8-21-12-17)9-7-16(15)11-19(24)22-13-18-6-4-10-26-18/h3-6,8,10,12,15-16H,2,7,9,11,13-14H2,1H3,(H,22,24)/t15-,16-/m0/s1. The van der Waals surface area contributed by atoms with Gasteiger partial charge in [-0.1, -0.05) is 19.4 Å². The topological polar surface area (TPSA) is 62.3 Å². The van der Waals surface area contributed by atoms with Crippen LogP contribution >= 0.6 is 11.3 Å². The van der Waals surface area contributed by atoms with Crippen molar-refractivity contribution in [2.24, 2.45) is 11.8 Å². The summed E-state index contributed by atoms with van der Waals surface area (Å²) in [5.74, 6) is 0.837. The number of nitrogens with zero attached hydrogens (tertiary/aromatic N) is 2. The molecule has 2 atom stereocenters. The third-order valence-corrected chi connectivity index (χ3v) is 5.98. The number of carbonyl (C=O) groups excluding carboxylic acids is 2. The Kier molecular flexibility index (Phi) is 6.39. The molecule has 1 N–H and O–H groups in total. The first-order valence-corrected chi connectivity index (χ1v) is 10.0. The maximum absolute atomic E-state index is 12.6. The molecule has 3 rings (SSSR count). The predicted octanol–water partition coefficient (Wildman–Crippen LogP) is 3.34. The van der Waals surface area contributed by atoms with Crippen LogP contribution in [-0.2, 0) is 11.3 Å². The summed E-state index contributed by atoms with van der Waals surface area (Å²) in [6, 6.07) is 7.62. The molecule has 0 saturated carbocycles. The fourth-order valence-corrected chi connectivity index (χ4v) is 4.22. The molecular formula is C20H25N3O2S. The van der Waals surface area contributed by atoms with Crippen molar-refractivity contribution < 1.29 is 9.59 Å². The monoisotopic (exact) mass is 371 g/mol. The van der Waals surface area contributed by atoms with Crippen LogP contribution in [-0.4, -0.2) is 34.8 Å². The maximum Gasteiger partial charge on any atom is 0.255 e. The van der Waals surface area contributed by atoms with Crippen LogP contribution in [0.4, 0.5) is 0 Å². The summed E-state index contributed by atoms with van der Waals surface area (Å²) in [5.41, 5.74) is 0.634. The first-order valence-electron chi connectivity index (χ1n) is 9.15. The Hall–Kier alpha value is -2.21. The second-order valence-electron chi connectivity index (χ2n) is 6.77. The lowest BCUT2D eigenvalue weighted by Gasteiger charge is -2.38. The molecule has 138 valence electrons. The molecule has 2 amide bonds. The zero-order valence-electron chi connectivity index (χ0n) is 15.1. The number of nitrogens with one attached hydrogen (secondary N) is 1. The third kappa shape index (κ3) is 4.69. The van der Waals surface area contributed by atoms with Gasteiger partial charge in [0.1, 0.15) is 0 Å². The van der Waals surface area contributed by atoms with E-state index >= 15 is 0 Å². The van der Waals surface area contributed by atoms with Gasteiger partial charge in [-0.3, -0.25) is 14.6 Å². The summed E-state index contributed by atoms with van der Waals surface area (Å²) >= 11 is 1.65. The zero-order valence-corrected chi connectivity index (χ0v) is 15.9. The highest BCUT2D eigenvalue weighted by Gasteiger charge is 2.32. The Labute approximate surface area is 158 Å². The number of aromatic nitrogens is 1.